The van der Waals surface area contributed by atoms with Crippen LogP contribution in [0.1, 0.15) is 49.1 Å². The van der Waals surface area contributed by atoms with Crippen molar-refractivity contribution in [2.75, 3.05) is 6.61 Å². The minimum Gasteiger partial charge on any atom is -0.386 e. The lowest BCUT2D eigenvalue weighted by Gasteiger charge is -2.23. The molecule has 0 heterocycles. The van der Waals surface area contributed by atoms with Gasteiger partial charge in [-0.2, -0.15) is 13.2 Å². The lowest BCUT2D eigenvalue weighted by atomic mass is 9.82. The van der Waals surface area contributed by atoms with E-state index in [4.69, 9.17) is 0 Å². The number of oxime groups is 1. The maximum absolute atomic E-state index is 12.0. The molecular formula is C15H18F3NO. The van der Waals surface area contributed by atoms with Crippen molar-refractivity contribution in [3.63, 3.8) is 0 Å². The van der Waals surface area contributed by atoms with Crippen LogP contribution in [0.2, 0.25) is 0 Å². The van der Waals surface area contributed by atoms with Gasteiger partial charge in [0.2, 0.25) is 6.61 Å². The van der Waals surface area contributed by atoms with Gasteiger partial charge in [0.1, 0.15) is 0 Å². The molecule has 1 fully saturated rings. The van der Waals surface area contributed by atoms with Gasteiger partial charge >= 0.3 is 6.18 Å². The maximum atomic E-state index is 12.0. The van der Waals surface area contributed by atoms with Gasteiger partial charge in [0.25, 0.3) is 0 Å². The molecule has 0 aliphatic heterocycles. The number of rotatable bonds is 4. The van der Waals surface area contributed by atoms with E-state index in [1.807, 2.05) is 24.3 Å². The molecular weight excluding hydrogens is 267 g/mol. The molecule has 2 rings (SSSR count). The van der Waals surface area contributed by atoms with Crippen molar-refractivity contribution in [2.45, 2.75) is 44.2 Å². The van der Waals surface area contributed by atoms with Crippen LogP contribution in [0.15, 0.2) is 29.4 Å². The first kappa shape index (κ1) is 14.9. The van der Waals surface area contributed by atoms with Crippen molar-refractivity contribution in [3.05, 3.63) is 35.4 Å². The zero-order chi connectivity index (χ0) is 14.4. The van der Waals surface area contributed by atoms with Crippen LogP contribution in [0, 0.1) is 0 Å². The summed E-state index contributed by atoms with van der Waals surface area (Å²) in [5.41, 5.74) is 2.01. The Morgan fingerprint density at radius 1 is 1.15 bits per heavy atom. The largest absolute Gasteiger partial charge is 0.425 e. The van der Waals surface area contributed by atoms with E-state index in [-0.39, 0.29) is 0 Å². The van der Waals surface area contributed by atoms with E-state index >= 15 is 0 Å². The van der Waals surface area contributed by atoms with Gasteiger partial charge in [0.15, 0.2) is 0 Å². The van der Waals surface area contributed by atoms with E-state index in [0.717, 1.165) is 24.0 Å². The van der Waals surface area contributed by atoms with E-state index in [1.54, 1.807) is 0 Å². The highest BCUT2D eigenvalue weighted by Crippen LogP contribution is 2.33. The molecule has 110 valence electrons. The first-order valence-electron chi connectivity index (χ1n) is 6.87. The molecule has 0 atom stereocenters. The zero-order valence-corrected chi connectivity index (χ0v) is 11.2. The highest BCUT2D eigenvalue weighted by atomic mass is 19.4. The van der Waals surface area contributed by atoms with Crippen LogP contribution in [0.5, 0.6) is 0 Å². The van der Waals surface area contributed by atoms with Gasteiger partial charge < -0.3 is 4.84 Å². The molecule has 0 bridgehead atoms. The Kier molecular flexibility index (Phi) is 5.04. The van der Waals surface area contributed by atoms with Crippen molar-refractivity contribution >= 4 is 6.21 Å². The number of hydrogen-bond donors (Lipinski definition) is 0. The molecule has 1 saturated carbocycles. The Hall–Kier alpha value is -1.52. The van der Waals surface area contributed by atoms with Crippen LogP contribution in [-0.2, 0) is 4.84 Å². The Labute approximate surface area is 116 Å². The Bertz CT molecular complexity index is 451. The standard InChI is InChI=1S/C15H18F3NO/c16-15(17,18)11-20-19-10-13-8-4-5-9-14(13)12-6-2-1-3-7-12/h4-5,8-10,12H,1-3,6-7,11H2. The maximum Gasteiger partial charge on any atom is 0.425 e. The van der Waals surface area contributed by atoms with Crippen molar-refractivity contribution in [1.82, 2.24) is 0 Å². The van der Waals surface area contributed by atoms with Gasteiger partial charge in [-0.3, -0.25) is 0 Å². The molecule has 0 aromatic heterocycles. The van der Waals surface area contributed by atoms with E-state index in [9.17, 15) is 13.2 Å². The fourth-order valence-corrected chi connectivity index (χ4v) is 2.62. The number of nitrogens with zero attached hydrogens (tertiary/aromatic N) is 1. The molecule has 1 aromatic rings. The molecule has 0 spiro atoms. The molecule has 1 aromatic carbocycles. The van der Waals surface area contributed by atoms with E-state index in [1.165, 1.54) is 25.5 Å². The normalized spacial score (nSPS) is 17.6. The Morgan fingerprint density at radius 3 is 2.55 bits per heavy atom. The van der Waals surface area contributed by atoms with Gasteiger partial charge in [-0.1, -0.05) is 48.7 Å². The zero-order valence-electron chi connectivity index (χ0n) is 11.2. The minimum absolute atomic E-state index is 0.481. The smallest absolute Gasteiger partial charge is 0.386 e. The second kappa shape index (κ2) is 6.77. The van der Waals surface area contributed by atoms with Gasteiger partial charge in [-0.05, 0) is 29.9 Å². The van der Waals surface area contributed by atoms with Crippen molar-refractivity contribution < 1.29 is 18.0 Å². The number of alkyl halides is 3. The summed E-state index contributed by atoms with van der Waals surface area (Å²) in [6.45, 7) is -1.35. The third-order valence-electron chi connectivity index (χ3n) is 3.54. The van der Waals surface area contributed by atoms with Crippen LogP contribution in [0.25, 0.3) is 0 Å². The van der Waals surface area contributed by atoms with Gasteiger partial charge in [0.05, 0.1) is 6.21 Å². The third-order valence-corrected chi connectivity index (χ3v) is 3.54. The fourth-order valence-electron chi connectivity index (χ4n) is 2.62. The molecule has 1 aliphatic rings. The van der Waals surface area contributed by atoms with E-state index in [2.05, 4.69) is 9.99 Å². The molecule has 0 radical (unpaired) electrons. The topological polar surface area (TPSA) is 21.6 Å². The molecule has 0 saturated heterocycles. The summed E-state index contributed by atoms with van der Waals surface area (Å²) < 4.78 is 35.9. The summed E-state index contributed by atoms with van der Waals surface area (Å²) >= 11 is 0. The summed E-state index contributed by atoms with van der Waals surface area (Å²) in [5.74, 6) is 0.481. The average molecular weight is 285 g/mol. The second-order valence-corrected chi connectivity index (χ2v) is 5.09. The van der Waals surface area contributed by atoms with E-state index in [0.29, 0.717) is 5.92 Å². The molecule has 20 heavy (non-hydrogen) atoms. The average Bonchev–Trinajstić information content (AvgIpc) is 2.44. The molecule has 2 nitrogen and oxygen atoms in total. The monoisotopic (exact) mass is 285 g/mol. The quantitative estimate of drug-likeness (QED) is 0.583. The molecule has 0 unspecified atom stereocenters. The Morgan fingerprint density at radius 2 is 1.85 bits per heavy atom. The van der Waals surface area contributed by atoms with Crippen LogP contribution < -0.4 is 0 Å². The summed E-state index contributed by atoms with van der Waals surface area (Å²) in [4.78, 5) is 4.29. The number of halogens is 3. The predicted molar refractivity (Wildman–Crippen MR) is 71.9 cm³/mol. The molecule has 1 aliphatic carbocycles. The minimum atomic E-state index is -4.35. The highest BCUT2D eigenvalue weighted by Gasteiger charge is 2.28. The summed E-state index contributed by atoms with van der Waals surface area (Å²) in [6, 6.07) is 7.71. The first-order chi connectivity index (χ1) is 9.56. The SMILES string of the molecule is FC(F)(F)CON=Cc1ccccc1C1CCCCC1. The lowest BCUT2D eigenvalue weighted by Crippen LogP contribution is -2.15. The van der Waals surface area contributed by atoms with Gasteiger partial charge in [0, 0.05) is 0 Å². The van der Waals surface area contributed by atoms with Gasteiger partial charge in [-0.25, -0.2) is 0 Å². The van der Waals surface area contributed by atoms with Crippen molar-refractivity contribution in [1.29, 1.82) is 0 Å². The van der Waals surface area contributed by atoms with Crippen LogP contribution in [0.3, 0.4) is 0 Å². The number of benzene rings is 1. The third kappa shape index (κ3) is 4.54. The fraction of sp³-hybridized carbons (Fsp3) is 0.533. The summed E-state index contributed by atoms with van der Waals surface area (Å²) in [6.07, 6.45) is 2.99. The van der Waals surface area contributed by atoms with Crippen LogP contribution in [-0.4, -0.2) is 19.0 Å². The summed E-state index contributed by atoms with van der Waals surface area (Å²) in [7, 11) is 0. The van der Waals surface area contributed by atoms with Gasteiger partial charge in [-0.15, -0.1) is 0 Å². The van der Waals surface area contributed by atoms with Crippen molar-refractivity contribution in [3.8, 4) is 0 Å². The highest BCUT2D eigenvalue weighted by molar-refractivity contribution is 5.81. The lowest BCUT2D eigenvalue weighted by molar-refractivity contribution is -0.173. The van der Waals surface area contributed by atoms with Crippen LogP contribution in [0.4, 0.5) is 13.2 Å². The molecule has 0 N–H and O–H groups in total. The Balaban J connectivity index is 2.02. The second-order valence-electron chi connectivity index (χ2n) is 5.09. The van der Waals surface area contributed by atoms with Crippen molar-refractivity contribution in [2.24, 2.45) is 5.16 Å². The number of hydrogen-bond acceptors (Lipinski definition) is 2. The first-order valence-corrected chi connectivity index (χ1v) is 6.87. The predicted octanol–water partition coefficient (Wildman–Crippen LogP) is 4.65. The molecule has 0 amide bonds. The molecule has 5 heteroatoms. The summed E-state index contributed by atoms with van der Waals surface area (Å²) in [5, 5.41) is 3.44. The van der Waals surface area contributed by atoms with Crippen LogP contribution >= 0.6 is 0 Å². The van der Waals surface area contributed by atoms with E-state index < -0.39 is 12.8 Å².